The van der Waals surface area contributed by atoms with E-state index < -0.39 is 0 Å². The molecule has 0 radical (unpaired) electrons. The number of fused-ring (bicyclic) bond motifs is 1. The third-order valence-electron chi connectivity index (χ3n) is 2.24. The van der Waals surface area contributed by atoms with Crippen LogP contribution in [0, 0.1) is 12.0 Å². The molecule has 0 spiro atoms. The second kappa shape index (κ2) is 7.84. The van der Waals surface area contributed by atoms with Gasteiger partial charge < -0.3 is 4.74 Å². The predicted molar refractivity (Wildman–Crippen MR) is 72.0 cm³/mol. The zero-order valence-electron chi connectivity index (χ0n) is 10.2. The molecule has 2 rings (SSSR count). The molecule has 0 aliphatic heterocycles. The molecule has 0 heterocycles. The van der Waals surface area contributed by atoms with Crippen molar-refractivity contribution in [2.75, 3.05) is 6.61 Å². The number of ether oxygens (including phenoxy) is 1. The van der Waals surface area contributed by atoms with Gasteiger partial charge in [0.2, 0.25) is 0 Å². The maximum absolute atomic E-state index is 5.67. The van der Waals surface area contributed by atoms with Crippen molar-refractivity contribution in [3.8, 4) is 5.75 Å². The van der Waals surface area contributed by atoms with E-state index in [-0.39, 0.29) is 0 Å². The normalized spacial score (nSPS) is 10.0. The first-order valence-corrected chi connectivity index (χ1v) is 12.5. The van der Waals surface area contributed by atoms with E-state index in [2.05, 4.69) is 51.7 Å². The molecule has 0 N–H and O–H groups in total. The van der Waals surface area contributed by atoms with E-state index in [0.717, 1.165) is 12.4 Å². The maximum atomic E-state index is 5.67. The van der Waals surface area contributed by atoms with E-state index in [0.29, 0.717) is 5.92 Å². The number of benzene rings is 2. The van der Waals surface area contributed by atoms with Crippen molar-refractivity contribution in [3.05, 3.63) is 42.5 Å². The van der Waals surface area contributed by atoms with Crippen LogP contribution in [0.4, 0.5) is 0 Å². The molecule has 86 valence electrons. The van der Waals surface area contributed by atoms with Gasteiger partial charge in [0.25, 0.3) is 0 Å². The van der Waals surface area contributed by atoms with Crippen molar-refractivity contribution < 1.29 is 21.1 Å². The van der Waals surface area contributed by atoms with Gasteiger partial charge in [-0.3, -0.25) is 0 Å². The summed E-state index contributed by atoms with van der Waals surface area (Å²) >= 11 is 4.25. The fraction of sp³-hybridized carbons (Fsp3) is 0.286. The van der Waals surface area contributed by atoms with E-state index in [9.17, 15) is 0 Å². The van der Waals surface area contributed by atoms with Crippen molar-refractivity contribution in [3.63, 3.8) is 0 Å². The number of hydrogen-bond acceptors (Lipinski definition) is 1. The van der Waals surface area contributed by atoms with Gasteiger partial charge in [0, 0.05) is 0 Å². The Morgan fingerprint density at radius 2 is 2.00 bits per heavy atom. The Kier molecular flexibility index (Phi) is 6.76. The van der Waals surface area contributed by atoms with Gasteiger partial charge in [0.05, 0.1) is 6.61 Å². The first-order chi connectivity index (χ1) is 8.25. The van der Waals surface area contributed by atoms with Crippen molar-refractivity contribution in [2.24, 2.45) is 5.92 Å². The summed E-state index contributed by atoms with van der Waals surface area (Å²) in [7, 11) is 0. The molecular weight excluding hydrogens is 329 g/mol. The van der Waals surface area contributed by atoms with Crippen LogP contribution in [0.15, 0.2) is 36.4 Å². The SMILES string of the molecule is CC(C)COc1ccc2c[c-]ccc2c1.[Zn+][Br]. The first-order valence-electron chi connectivity index (χ1n) is 5.55. The second-order valence-electron chi connectivity index (χ2n) is 4.14. The van der Waals surface area contributed by atoms with Crippen LogP contribution < -0.4 is 4.74 Å². The minimum atomic E-state index is 0.560. The third kappa shape index (κ3) is 4.77. The second-order valence-corrected chi connectivity index (χ2v) is 4.14. The molecule has 2 aromatic carbocycles. The summed E-state index contributed by atoms with van der Waals surface area (Å²) < 4.78 is 5.67. The van der Waals surface area contributed by atoms with Gasteiger partial charge in [-0.15, -0.1) is 16.8 Å². The summed E-state index contributed by atoms with van der Waals surface area (Å²) in [5.41, 5.74) is 0. The number of rotatable bonds is 3. The fourth-order valence-corrected chi connectivity index (χ4v) is 1.46. The van der Waals surface area contributed by atoms with E-state index in [1.165, 1.54) is 27.1 Å². The molecule has 0 fully saturated rings. The molecule has 0 aliphatic carbocycles. The molecule has 0 aromatic heterocycles. The van der Waals surface area contributed by atoms with Crippen molar-refractivity contribution in [2.45, 2.75) is 13.8 Å². The first kappa shape index (κ1) is 14.7. The Hall–Kier alpha value is -0.397. The van der Waals surface area contributed by atoms with Crippen LogP contribution >= 0.6 is 13.6 Å². The summed E-state index contributed by atoms with van der Waals surface area (Å²) in [6.07, 6.45) is 0. The van der Waals surface area contributed by atoms with E-state index in [1.54, 1.807) is 0 Å². The van der Waals surface area contributed by atoms with Crippen LogP contribution in [-0.4, -0.2) is 6.61 Å². The Balaban J connectivity index is 0.000000686. The molecule has 17 heavy (non-hydrogen) atoms. The fourth-order valence-electron chi connectivity index (χ4n) is 1.46. The summed E-state index contributed by atoms with van der Waals surface area (Å²) in [5, 5.41) is 2.41. The topological polar surface area (TPSA) is 9.23 Å². The monoisotopic (exact) mass is 342 g/mol. The van der Waals surface area contributed by atoms with Crippen LogP contribution in [0.25, 0.3) is 10.8 Å². The number of hydrogen-bond donors (Lipinski definition) is 0. The molecule has 2 aromatic rings. The van der Waals surface area contributed by atoms with Crippen LogP contribution in [0.5, 0.6) is 5.75 Å². The van der Waals surface area contributed by atoms with Gasteiger partial charge in [0.1, 0.15) is 5.75 Å². The van der Waals surface area contributed by atoms with Crippen LogP contribution in [-0.2, 0) is 16.3 Å². The minimum absolute atomic E-state index is 0.560. The quantitative estimate of drug-likeness (QED) is 0.588. The summed E-state index contributed by atoms with van der Waals surface area (Å²) in [6, 6.07) is 15.2. The zero-order chi connectivity index (χ0) is 12.7. The van der Waals surface area contributed by atoms with E-state index in [4.69, 9.17) is 4.74 Å². The Bertz CT molecular complexity index is 457. The van der Waals surface area contributed by atoms with Gasteiger partial charge in [-0.05, 0) is 18.1 Å². The summed E-state index contributed by atoms with van der Waals surface area (Å²) in [5.74, 6) is 1.51. The van der Waals surface area contributed by atoms with Crippen molar-refractivity contribution in [1.82, 2.24) is 0 Å². The Morgan fingerprint density at radius 3 is 2.71 bits per heavy atom. The molecule has 0 amide bonds. The Morgan fingerprint density at radius 1 is 1.24 bits per heavy atom. The van der Waals surface area contributed by atoms with Crippen LogP contribution in [0.1, 0.15) is 13.8 Å². The van der Waals surface area contributed by atoms with Gasteiger partial charge in [-0.1, -0.05) is 13.8 Å². The van der Waals surface area contributed by atoms with E-state index >= 15 is 0 Å². The Labute approximate surface area is 120 Å². The zero-order valence-corrected chi connectivity index (χ0v) is 14.8. The molecule has 0 aliphatic rings. The average molecular weight is 345 g/mol. The van der Waals surface area contributed by atoms with Gasteiger partial charge in [-0.25, -0.2) is 0 Å². The van der Waals surface area contributed by atoms with Crippen molar-refractivity contribution >= 4 is 24.4 Å². The summed E-state index contributed by atoms with van der Waals surface area (Å²) in [4.78, 5) is 0. The molecule has 0 saturated carbocycles. The number of halogens is 1. The third-order valence-corrected chi connectivity index (χ3v) is 2.24. The van der Waals surface area contributed by atoms with Gasteiger partial charge in [0.15, 0.2) is 0 Å². The molecule has 0 saturated heterocycles. The van der Waals surface area contributed by atoms with Gasteiger partial charge >= 0.3 is 30.0 Å². The molecule has 0 bridgehead atoms. The van der Waals surface area contributed by atoms with Crippen molar-refractivity contribution in [1.29, 1.82) is 0 Å². The molecule has 3 heteroatoms. The molecule has 0 unspecified atom stereocenters. The predicted octanol–water partition coefficient (Wildman–Crippen LogP) is 4.52. The van der Waals surface area contributed by atoms with E-state index in [1.807, 2.05) is 18.2 Å². The average Bonchev–Trinajstić information content (AvgIpc) is 2.38. The van der Waals surface area contributed by atoms with Gasteiger partial charge in [-0.2, -0.15) is 24.3 Å². The standard InChI is InChI=1S/C14H15O.BrH.Zn/c1-11(2)10-15-14-8-7-12-5-3-4-6-13(12)9-14;;/h4-9,11H,10H2,1-2H3;1H;/q-1;;+2/p-1. The molecule has 1 nitrogen and oxygen atoms in total. The molecule has 0 atom stereocenters. The molecular formula is C14H15BrOZn. The van der Waals surface area contributed by atoms with Crippen LogP contribution in [0.3, 0.4) is 0 Å². The van der Waals surface area contributed by atoms with Crippen LogP contribution in [0.2, 0.25) is 0 Å². The summed E-state index contributed by atoms with van der Waals surface area (Å²) in [6.45, 7) is 5.07.